The van der Waals surface area contributed by atoms with E-state index in [1.54, 1.807) is 0 Å². The maximum atomic E-state index is 4.32. The van der Waals surface area contributed by atoms with Gasteiger partial charge in [0, 0.05) is 24.3 Å². The predicted octanol–water partition coefficient (Wildman–Crippen LogP) is 5.78. The zero-order chi connectivity index (χ0) is 18.1. The standard InChI is InChI=1S/C22H29N3/c1-15(2)19-8-7-9-20(16(3)4)22(19)25-13-12-24(18(25)6)21-14-23-11-10-17(21)5/h7-16,18H,1-6H3/t18-/m0/s1. The van der Waals surface area contributed by atoms with Crippen LogP contribution in [0.1, 0.15) is 63.1 Å². The zero-order valence-electron chi connectivity index (χ0n) is 16.2. The highest BCUT2D eigenvalue weighted by atomic mass is 15.4. The van der Waals surface area contributed by atoms with Crippen molar-refractivity contribution in [3.05, 3.63) is 65.7 Å². The third-order valence-electron chi connectivity index (χ3n) is 5.08. The molecule has 1 aromatic heterocycles. The normalized spacial score (nSPS) is 17.2. The number of rotatable bonds is 4. The van der Waals surface area contributed by atoms with Gasteiger partial charge in [0.1, 0.15) is 6.17 Å². The molecule has 0 N–H and O–H groups in total. The Bertz CT molecular complexity index is 750. The Morgan fingerprint density at radius 2 is 1.52 bits per heavy atom. The monoisotopic (exact) mass is 335 g/mol. The van der Waals surface area contributed by atoms with E-state index < -0.39 is 0 Å². The van der Waals surface area contributed by atoms with Crippen molar-refractivity contribution in [2.24, 2.45) is 0 Å². The first-order chi connectivity index (χ1) is 11.9. The molecule has 3 rings (SSSR count). The summed E-state index contributed by atoms with van der Waals surface area (Å²) < 4.78 is 0. The molecular formula is C22H29N3. The molecule has 2 aromatic rings. The van der Waals surface area contributed by atoms with E-state index in [4.69, 9.17) is 0 Å². The Morgan fingerprint density at radius 1 is 0.920 bits per heavy atom. The minimum absolute atomic E-state index is 0.222. The van der Waals surface area contributed by atoms with Crippen molar-refractivity contribution >= 4 is 11.4 Å². The zero-order valence-corrected chi connectivity index (χ0v) is 16.2. The van der Waals surface area contributed by atoms with Gasteiger partial charge in [-0.3, -0.25) is 4.98 Å². The maximum Gasteiger partial charge on any atom is 0.107 e. The molecule has 3 nitrogen and oxygen atoms in total. The Hall–Kier alpha value is -2.29. The van der Waals surface area contributed by atoms with Gasteiger partial charge in [-0.1, -0.05) is 45.9 Å². The largest absolute Gasteiger partial charge is 0.325 e. The number of benzene rings is 1. The lowest BCUT2D eigenvalue weighted by Gasteiger charge is -2.34. The van der Waals surface area contributed by atoms with Crippen molar-refractivity contribution in [1.29, 1.82) is 0 Å². The minimum atomic E-state index is 0.222. The molecule has 0 radical (unpaired) electrons. The van der Waals surface area contributed by atoms with Crippen LogP contribution in [-0.4, -0.2) is 11.1 Å². The summed E-state index contributed by atoms with van der Waals surface area (Å²) in [4.78, 5) is 9.04. The molecule has 0 spiro atoms. The van der Waals surface area contributed by atoms with Crippen LogP contribution in [0.25, 0.3) is 0 Å². The van der Waals surface area contributed by atoms with E-state index in [-0.39, 0.29) is 6.17 Å². The van der Waals surface area contributed by atoms with Gasteiger partial charge in [0.05, 0.1) is 11.9 Å². The van der Waals surface area contributed by atoms with E-state index in [9.17, 15) is 0 Å². The third-order valence-corrected chi connectivity index (χ3v) is 5.08. The quantitative estimate of drug-likeness (QED) is 0.706. The Balaban J connectivity index is 2.05. The topological polar surface area (TPSA) is 19.4 Å². The molecule has 0 unspecified atom stereocenters. The van der Waals surface area contributed by atoms with Gasteiger partial charge >= 0.3 is 0 Å². The van der Waals surface area contributed by atoms with Crippen LogP contribution in [-0.2, 0) is 0 Å². The number of hydrogen-bond acceptors (Lipinski definition) is 3. The molecule has 0 fully saturated rings. The fourth-order valence-electron chi connectivity index (χ4n) is 3.61. The Kier molecular flexibility index (Phi) is 4.85. The number of aromatic nitrogens is 1. The highest BCUT2D eigenvalue weighted by Crippen LogP contribution is 2.39. The molecule has 0 amide bonds. The summed E-state index contributed by atoms with van der Waals surface area (Å²) in [6.45, 7) is 13.5. The van der Waals surface area contributed by atoms with E-state index in [0.717, 1.165) is 0 Å². The Labute approximate surface area is 152 Å². The highest BCUT2D eigenvalue weighted by Gasteiger charge is 2.29. The van der Waals surface area contributed by atoms with E-state index in [0.29, 0.717) is 11.8 Å². The molecule has 3 heteroatoms. The van der Waals surface area contributed by atoms with E-state index >= 15 is 0 Å². The van der Waals surface area contributed by atoms with Crippen LogP contribution in [0, 0.1) is 6.92 Å². The SMILES string of the molecule is Cc1ccncc1N1C=CN(c2c(C(C)C)cccc2C(C)C)[C@H]1C. The van der Waals surface area contributed by atoms with Gasteiger partial charge in [-0.15, -0.1) is 0 Å². The Morgan fingerprint density at radius 3 is 2.08 bits per heavy atom. The summed E-state index contributed by atoms with van der Waals surface area (Å²) >= 11 is 0. The van der Waals surface area contributed by atoms with E-state index in [1.165, 1.54) is 28.1 Å². The fraction of sp³-hybridized carbons (Fsp3) is 0.409. The first-order valence-electron chi connectivity index (χ1n) is 9.20. The molecule has 1 aliphatic rings. The van der Waals surface area contributed by atoms with Crippen molar-refractivity contribution in [3.63, 3.8) is 0 Å². The summed E-state index contributed by atoms with van der Waals surface area (Å²) in [5.74, 6) is 0.979. The highest BCUT2D eigenvalue weighted by molar-refractivity contribution is 5.69. The lowest BCUT2D eigenvalue weighted by molar-refractivity contribution is 0.726. The summed E-state index contributed by atoms with van der Waals surface area (Å²) in [5.41, 5.74) is 6.59. The molecule has 1 aromatic carbocycles. The number of para-hydroxylation sites is 1. The van der Waals surface area contributed by atoms with Gasteiger partial charge < -0.3 is 9.80 Å². The second-order valence-corrected chi connectivity index (χ2v) is 7.50. The van der Waals surface area contributed by atoms with Crippen molar-refractivity contribution in [2.45, 2.75) is 59.5 Å². The molecule has 0 saturated carbocycles. The first-order valence-corrected chi connectivity index (χ1v) is 9.20. The van der Waals surface area contributed by atoms with Gasteiger partial charge in [0.25, 0.3) is 0 Å². The van der Waals surface area contributed by atoms with Gasteiger partial charge in [0.15, 0.2) is 0 Å². The number of nitrogens with zero attached hydrogens (tertiary/aromatic N) is 3. The average Bonchev–Trinajstić information content (AvgIpc) is 2.95. The van der Waals surface area contributed by atoms with E-state index in [2.05, 4.69) is 93.0 Å². The van der Waals surface area contributed by atoms with Crippen LogP contribution < -0.4 is 9.80 Å². The fourth-order valence-corrected chi connectivity index (χ4v) is 3.61. The lowest BCUT2D eigenvalue weighted by atomic mass is 9.92. The van der Waals surface area contributed by atoms with Gasteiger partial charge in [-0.25, -0.2) is 0 Å². The first kappa shape index (κ1) is 17.5. The summed E-state index contributed by atoms with van der Waals surface area (Å²) in [7, 11) is 0. The number of anilines is 2. The van der Waals surface area contributed by atoms with Crippen LogP contribution in [0.4, 0.5) is 11.4 Å². The van der Waals surface area contributed by atoms with Crippen molar-refractivity contribution < 1.29 is 0 Å². The molecule has 2 heterocycles. The molecule has 0 aliphatic carbocycles. The average molecular weight is 335 g/mol. The lowest BCUT2D eigenvalue weighted by Crippen LogP contribution is -2.37. The van der Waals surface area contributed by atoms with Gasteiger partial charge in [0.2, 0.25) is 0 Å². The molecule has 0 bridgehead atoms. The second-order valence-electron chi connectivity index (χ2n) is 7.50. The van der Waals surface area contributed by atoms with Crippen LogP contribution >= 0.6 is 0 Å². The van der Waals surface area contributed by atoms with Crippen molar-refractivity contribution in [2.75, 3.05) is 9.80 Å². The minimum Gasteiger partial charge on any atom is -0.325 e. The van der Waals surface area contributed by atoms with Gasteiger partial charge in [-0.2, -0.15) is 0 Å². The van der Waals surface area contributed by atoms with Gasteiger partial charge in [-0.05, 0) is 48.4 Å². The van der Waals surface area contributed by atoms with Crippen LogP contribution in [0.5, 0.6) is 0 Å². The number of hydrogen-bond donors (Lipinski definition) is 0. The molecule has 1 aliphatic heterocycles. The van der Waals surface area contributed by atoms with Crippen LogP contribution in [0.15, 0.2) is 49.1 Å². The van der Waals surface area contributed by atoms with Crippen molar-refractivity contribution in [3.8, 4) is 0 Å². The molecular weight excluding hydrogens is 306 g/mol. The molecule has 0 saturated heterocycles. The third kappa shape index (κ3) is 3.15. The maximum absolute atomic E-state index is 4.32. The smallest absolute Gasteiger partial charge is 0.107 e. The summed E-state index contributed by atoms with van der Waals surface area (Å²) in [5, 5.41) is 0. The van der Waals surface area contributed by atoms with Crippen LogP contribution in [0.2, 0.25) is 0 Å². The van der Waals surface area contributed by atoms with E-state index in [1.807, 2.05) is 12.4 Å². The summed E-state index contributed by atoms with van der Waals surface area (Å²) in [6.07, 6.45) is 8.42. The number of aryl methyl sites for hydroxylation is 1. The van der Waals surface area contributed by atoms with Crippen molar-refractivity contribution in [1.82, 2.24) is 4.98 Å². The molecule has 132 valence electrons. The predicted molar refractivity (Wildman–Crippen MR) is 107 cm³/mol. The second kappa shape index (κ2) is 6.91. The molecule has 25 heavy (non-hydrogen) atoms. The number of pyridine rings is 1. The van der Waals surface area contributed by atoms with Crippen LogP contribution in [0.3, 0.4) is 0 Å². The molecule has 1 atom stereocenters. The summed E-state index contributed by atoms with van der Waals surface area (Å²) in [6, 6.07) is 8.80.